The number of amides is 1. The highest BCUT2D eigenvalue weighted by molar-refractivity contribution is 5.97. The maximum absolute atomic E-state index is 11.8. The molecule has 2 atom stereocenters. The summed E-state index contributed by atoms with van der Waals surface area (Å²) in [6, 6.07) is 6.80. The molecule has 1 aliphatic rings. The van der Waals surface area contributed by atoms with Crippen molar-refractivity contribution in [3.05, 3.63) is 30.0 Å². The Kier molecular flexibility index (Phi) is 6.22. The van der Waals surface area contributed by atoms with Gasteiger partial charge in [-0.15, -0.1) is 10.2 Å². The molecule has 1 amide bonds. The quantitative estimate of drug-likeness (QED) is 0.546. The van der Waals surface area contributed by atoms with Crippen molar-refractivity contribution in [3.8, 4) is 5.88 Å². The summed E-state index contributed by atoms with van der Waals surface area (Å²) in [6.45, 7) is 4.93. The fourth-order valence-corrected chi connectivity index (χ4v) is 2.80. The van der Waals surface area contributed by atoms with E-state index in [0.29, 0.717) is 36.4 Å². The number of ether oxygens (including phenoxy) is 2. The number of carbonyl (C=O) groups excluding carboxylic acids is 1. The SMILES string of the molecule is CC(C)Oc1cccc(Nc2cc(NC3CCOCC3N)nnc2C(N)=O)n1. The van der Waals surface area contributed by atoms with Crippen LogP contribution in [0.5, 0.6) is 5.88 Å². The number of nitrogens with zero attached hydrogens (tertiary/aromatic N) is 3. The van der Waals surface area contributed by atoms with Crippen LogP contribution in [0.15, 0.2) is 24.3 Å². The Hall–Kier alpha value is -2.98. The van der Waals surface area contributed by atoms with Crippen LogP contribution in [0.25, 0.3) is 0 Å². The van der Waals surface area contributed by atoms with E-state index in [0.717, 1.165) is 6.42 Å². The van der Waals surface area contributed by atoms with E-state index in [1.165, 1.54) is 0 Å². The predicted molar refractivity (Wildman–Crippen MR) is 105 cm³/mol. The molecule has 2 unspecified atom stereocenters. The standard InChI is InChI=1S/C18H25N7O3/c1-10(2)28-16-5-3-4-14(23-16)22-13-8-15(24-25-17(13)18(20)26)21-12-6-7-27-9-11(12)19/h3-5,8,10-12H,6-7,9,19H2,1-2H3,(H2,20,26)(H2,21,22,23,24). The molecule has 10 nitrogen and oxygen atoms in total. The third-order valence-corrected chi connectivity index (χ3v) is 4.10. The van der Waals surface area contributed by atoms with E-state index in [1.54, 1.807) is 24.3 Å². The van der Waals surface area contributed by atoms with Crippen molar-refractivity contribution in [2.75, 3.05) is 23.8 Å². The molecule has 0 radical (unpaired) electrons. The lowest BCUT2D eigenvalue weighted by molar-refractivity contribution is 0.0751. The molecule has 3 heterocycles. The minimum Gasteiger partial charge on any atom is -0.475 e. The third-order valence-electron chi connectivity index (χ3n) is 4.10. The summed E-state index contributed by atoms with van der Waals surface area (Å²) in [4.78, 5) is 16.1. The predicted octanol–water partition coefficient (Wildman–Crippen LogP) is 1.03. The van der Waals surface area contributed by atoms with E-state index in [-0.39, 0.29) is 23.9 Å². The van der Waals surface area contributed by atoms with Crippen LogP contribution >= 0.6 is 0 Å². The van der Waals surface area contributed by atoms with Crippen molar-refractivity contribution >= 4 is 23.2 Å². The molecule has 1 fully saturated rings. The van der Waals surface area contributed by atoms with E-state index in [4.69, 9.17) is 20.9 Å². The van der Waals surface area contributed by atoms with Gasteiger partial charge in [-0.25, -0.2) is 0 Å². The van der Waals surface area contributed by atoms with Crippen LogP contribution in [0.3, 0.4) is 0 Å². The number of primary amides is 1. The van der Waals surface area contributed by atoms with Crippen molar-refractivity contribution in [2.24, 2.45) is 11.5 Å². The molecule has 150 valence electrons. The van der Waals surface area contributed by atoms with Crippen molar-refractivity contribution < 1.29 is 14.3 Å². The largest absolute Gasteiger partial charge is 0.475 e. The Labute approximate surface area is 163 Å². The normalized spacial score (nSPS) is 19.3. The number of rotatable bonds is 7. The molecular weight excluding hydrogens is 362 g/mol. The van der Waals surface area contributed by atoms with Crippen LogP contribution in [0.1, 0.15) is 30.8 Å². The Morgan fingerprint density at radius 2 is 2.14 bits per heavy atom. The first-order chi connectivity index (χ1) is 13.4. The van der Waals surface area contributed by atoms with E-state index in [9.17, 15) is 4.79 Å². The first-order valence-electron chi connectivity index (χ1n) is 9.10. The van der Waals surface area contributed by atoms with Gasteiger partial charge in [0.2, 0.25) is 5.88 Å². The maximum Gasteiger partial charge on any atom is 0.271 e. The average molecular weight is 387 g/mol. The molecule has 0 bridgehead atoms. The van der Waals surface area contributed by atoms with Crippen molar-refractivity contribution in [1.82, 2.24) is 15.2 Å². The zero-order chi connectivity index (χ0) is 20.1. The summed E-state index contributed by atoms with van der Waals surface area (Å²) in [6.07, 6.45) is 0.741. The average Bonchev–Trinajstić information content (AvgIpc) is 2.63. The highest BCUT2D eigenvalue weighted by Crippen LogP contribution is 2.23. The highest BCUT2D eigenvalue weighted by atomic mass is 16.5. The zero-order valence-electron chi connectivity index (χ0n) is 15.9. The number of nitrogens with one attached hydrogen (secondary N) is 2. The molecule has 10 heteroatoms. The van der Waals surface area contributed by atoms with Gasteiger partial charge >= 0.3 is 0 Å². The molecule has 3 rings (SSSR count). The van der Waals surface area contributed by atoms with Crippen LogP contribution in [0.2, 0.25) is 0 Å². The first-order valence-corrected chi connectivity index (χ1v) is 9.10. The highest BCUT2D eigenvalue weighted by Gasteiger charge is 2.23. The second kappa shape index (κ2) is 8.81. The Morgan fingerprint density at radius 1 is 1.32 bits per heavy atom. The van der Waals surface area contributed by atoms with Crippen molar-refractivity contribution in [3.63, 3.8) is 0 Å². The van der Waals surface area contributed by atoms with E-state index in [1.807, 2.05) is 13.8 Å². The Morgan fingerprint density at radius 3 is 2.86 bits per heavy atom. The molecule has 1 saturated heterocycles. The summed E-state index contributed by atoms with van der Waals surface area (Å²) < 4.78 is 10.9. The summed E-state index contributed by atoms with van der Waals surface area (Å²) in [5.74, 6) is 0.736. The molecule has 6 N–H and O–H groups in total. The number of aromatic nitrogens is 3. The summed E-state index contributed by atoms with van der Waals surface area (Å²) in [5.41, 5.74) is 11.9. The minimum absolute atomic E-state index is 0.00350. The maximum atomic E-state index is 11.8. The van der Waals surface area contributed by atoms with Gasteiger partial charge in [-0.05, 0) is 26.3 Å². The zero-order valence-corrected chi connectivity index (χ0v) is 15.9. The van der Waals surface area contributed by atoms with Crippen molar-refractivity contribution in [2.45, 2.75) is 38.5 Å². The van der Waals surface area contributed by atoms with Gasteiger partial charge in [-0.1, -0.05) is 6.07 Å². The van der Waals surface area contributed by atoms with Crippen molar-refractivity contribution in [1.29, 1.82) is 0 Å². The summed E-state index contributed by atoms with van der Waals surface area (Å²) >= 11 is 0. The van der Waals surface area contributed by atoms with Gasteiger partial charge in [0.15, 0.2) is 11.5 Å². The Bertz CT molecular complexity index is 831. The van der Waals surface area contributed by atoms with Crippen LogP contribution in [-0.2, 0) is 4.74 Å². The van der Waals surface area contributed by atoms with Gasteiger partial charge < -0.3 is 31.6 Å². The molecule has 0 saturated carbocycles. The molecule has 2 aromatic rings. The number of pyridine rings is 1. The Balaban J connectivity index is 1.83. The number of hydrogen-bond donors (Lipinski definition) is 4. The van der Waals surface area contributed by atoms with Gasteiger partial charge in [-0.2, -0.15) is 4.98 Å². The van der Waals surface area contributed by atoms with Gasteiger partial charge in [0.1, 0.15) is 5.82 Å². The topological polar surface area (TPSA) is 150 Å². The van der Waals surface area contributed by atoms with Crippen LogP contribution < -0.4 is 26.8 Å². The molecule has 0 aromatic carbocycles. The number of anilines is 3. The van der Waals surface area contributed by atoms with E-state index < -0.39 is 5.91 Å². The lowest BCUT2D eigenvalue weighted by atomic mass is 10.0. The number of hydrogen-bond acceptors (Lipinski definition) is 9. The second-order valence-corrected chi connectivity index (χ2v) is 6.79. The molecule has 1 aliphatic heterocycles. The van der Waals surface area contributed by atoms with E-state index >= 15 is 0 Å². The summed E-state index contributed by atoms with van der Waals surface area (Å²) in [5, 5.41) is 14.3. The van der Waals surface area contributed by atoms with Crippen LogP contribution in [0.4, 0.5) is 17.3 Å². The lowest BCUT2D eigenvalue weighted by Crippen LogP contribution is -2.47. The minimum atomic E-state index is -0.695. The fraction of sp³-hybridized carbons (Fsp3) is 0.444. The lowest BCUT2D eigenvalue weighted by Gasteiger charge is -2.29. The van der Waals surface area contributed by atoms with E-state index in [2.05, 4.69) is 25.8 Å². The van der Waals surface area contributed by atoms with Crippen LogP contribution in [0, 0.1) is 0 Å². The fourth-order valence-electron chi connectivity index (χ4n) is 2.80. The van der Waals surface area contributed by atoms with Gasteiger partial charge in [0.25, 0.3) is 5.91 Å². The van der Waals surface area contributed by atoms with Crippen LogP contribution in [-0.4, -0.2) is 52.5 Å². The molecule has 28 heavy (non-hydrogen) atoms. The second-order valence-electron chi connectivity index (χ2n) is 6.79. The number of carbonyl (C=O) groups is 1. The smallest absolute Gasteiger partial charge is 0.271 e. The molecule has 2 aromatic heterocycles. The molecular formula is C18H25N7O3. The van der Waals surface area contributed by atoms with Gasteiger partial charge in [0, 0.05) is 30.8 Å². The first kappa shape index (κ1) is 19.8. The molecule has 0 aliphatic carbocycles. The third kappa shape index (κ3) is 5.05. The monoisotopic (exact) mass is 387 g/mol. The van der Waals surface area contributed by atoms with Gasteiger partial charge in [-0.3, -0.25) is 4.79 Å². The number of nitrogens with two attached hydrogens (primary N) is 2. The van der Waals surface area contributed by atoms with Gasteiger partial charge in [0.05, 0.1) is 18.4 Å². The molecule has 0 spiro atoms. The summed E-state index contributed by atoms with van der Waals surface area (Å²) in [7, 11) is 0.